The second-order valence-electron chi connectivity index (χ2n) is 5.71. The molecule has 0 atom stereocenters. The highest BCUT2D eigenvalue weighted by atomic mass is 35.5. The summed E-state index contributed by atoms with van der Waals surface area (Å²) in [6, 6.07) is 10.3. The third kappa shape index (κ3) is 4.53. The third-order valence-electron chi connectivity index (χ3n) is 3.76. The summed E-state index contributed by atoms with van der Waals surface area (Å²) in [6.07, 6.45) is 1.35. The van der Waals surface area contributed by atoms with E-state index in [9.17, 15) is 18.4 Å². The summed E-state index contributed by atoms with van der Waals surface area (Å²) in [5.74, 6) is -2.28. The molecule has 8 heteroatoms. The summed E-state index contributed by atoms with van der Waals surface area (Å²) in [4.78, 5) is 24.4. The minimum atomic E-state index is -0.896. The van der Waals surface area contributed by atoms with E-state index in [1.54, 1.807) is 18.2 Å². The molecular weight excluding hydrogens is 397 g/mol. The summed E-state index contributed by atoms with van der Waals surface area (Å²) in [7, 11) is 0. The fourth-order valence-electron chi connectivity index (χ4n) is 2.41. The Labute approximate surface area is 163 Å². The van der Waals surface area contributed by atoms with Crippen LogP contribution in [0.4, 0.5) is 14.5 Å². The number of hydrogen-bond donors (Lipinski definition) is 1. The quantitative estimate of drug-likeness (QED) is 0.677. The predicted molar refractivity (Wildman–Crippen MR) is 101 cm³/mol. The van der Waals surface area contributed by atoms with Gasteiger partial charge >= 0.3 is 0 Å². The molecule has 0 bridgehead atoms. The van der Waals surface area contributed by atoms with Gasteiger partial charge in [-0.25, -0.2) is 8.78 Å². The van der Waals surface area contributed by atoms with Gasteiger partial charge in [0.2, 0.25) is 0 Å². The average Bonchev–Trinajstić information content (AvgIpc) is 2.62. The number of rotatable bonds is 4. The van der Waals surface area contributed by atoms with Gasteiger partial charge < -0.3 is 9.88 Å². The van der Waals surface area contributed by atoms with Crippen molar-refractivity contribution in [3.8, 4) is 0 Å². The van der Waals surface area contributed by atoms with Gasteiger partial charge in [-0.15, -0.1) is 0 Å². The van der Waals surface area contributed by atoms with Gasteiger partial charge in [0.15, 0.2) is 0 Å². The number of nitrogens with zero attached hydrogens (tertiary/aromatic N) is 1. The largest absolute Gasteiger partial charge is 0.319 e. The number of nitrogens with one attached hydrogen (secondary N) is 1. The molecule has 0 spiro atoms. The lowest BCUT2D eigenvalue weighted by atomic mass is 10.2. The molecule has 0 aliphatic heterocycles. The van der Waals surface area contributed by atoms with Gasteiger partial charge in [0.25, 0.3) is 11.5 Å². The molecule has 0 saturated heterocycles. The van der Waals surface area contributed by atoms with Gasteiger partial charge in [-0.05, 0) is 35.9 Å². The van der Waals surface area contributed by atoms with Crippen molar-refractivity contribution in [3.63, 3.8) is 0 Å². The Balaban J connectivity index is 1.84. The summed E-state index contributed by atoms with van der Waals surface area (Å²) in [6.45, 7) is 0.168. The Hall–Kier alpha value is -2.70. The van der Waals surface area contributed by atoms with E-state index in [4.69, 9.17) is 23.2 Å². The van der Waals surface area contributed by atoms with Crippen molar-refractivity contribution in [1.82, 2.24) is 4.57 Å². The lowest BCUT2D eigenvalue weighted by molar-refractivity contribution is 0.102. The molecule has 3 rings (SSSR count). The second kappa shape index (κ2) is 7.90. The Morgan fingerprint density at radius 2 is 1.78 bits per heavy atom. The van der Waals surface area contributed by atoms with Crippen LogP contribution in [0.25, 0.3) is 0 Å². The fourth-order valence-corrected chi connectivity index (χ4v) is 2.73. The van der Waals surface area contributed by atoms with E-state index < -0.39 is 17.5 Å². The zero-order valence-electron chi connectivity index (χ0n) is 13.7. The van der Waals surface area contributed by atoms with E-state index in [0.717, 1.165) is 12.1 Å². The second-order valence-corrected chi connectivity index (χ2v) is 6.53. The van der Waals surface area contributed by atoms with Crippen molar-refractivity contribution in [2.75, 3.05) is 5.32 Å². The zero-order chi connectivity index (χ0) is 19.6. The fraction of sp³-hybridized carbons (Fsp3) is 0.0526. The highest BCUT2D eigenvalue weighted by Crippen LogP contribution is 2.23. The number of amides is 1. The monoisotopic (exact) mass is 408 g/mol. The topological polar surface area (TPSA) is 51.1 Å². The highest BCUT2D eigenvalue weighted by Gasteiger charge is 2.12. The van der Waals surface area contributed by atoms with E-state index in [0.29, 0.717) is 21.7 Å². The minimum absolute atomic E-state index is 0.137. The SMILES string of the molecule is O=C(Nc1ccc(F)cc1F)c1ccc(=O)n(Cc2ccc(Cl)c(Cl)c2)c1. The first kappa shape index (κ1) is 19.1. The number of hydrogen-bond acceptors (Lipinski definition) is 2. The van der Waals surface area contributed by atoms with Gasteiger partial charge in [0.1, 0.15) is 11.6 Å². The normalized spacial score (nSPS) is 10.7. The maximum atomic E-state index is 13.7. The van der Waals surface area contributed by atoms with Crippen LogP contribution in [0.5, 0.6) is 0 Å². The van der Waals surface area contributed by atoms with Crippen LogP contribution in [0, 0.1) is 11.6 Å². The predicted octanol–water partition coefficient (Wildman–Crippen LogP) is 4.73. The first-order valence-corrected chi connectivity index (χ1v) is 8.50. The molecule has 0 unspecified atom stereocenters. The molecule has 4 nitrogen and oxygen atoms in total. The molecule has 1 heterocycles. The van der Waals surface area contributed by atoms with E-state index in [2.05, 4.69) is 5.32 Å². The molecule has 2 aromatic carbocycles. The van der Waals surface area contributed by atoms with Crippen LogP contribution in [0.3, 0.4) is 0 Å². The van der Waals surface area contributed by atoms with Gasteiger partial charge in [-0.1, -0.05) is 29.3 Å². The van der Waals surface area contributed by atoms with Gasteiger partial charge in [-0.3, -0.25) is 9.59 Å². The molecule has 138 valence electrons. The summed E-state index contributed by atoms with van der Waals surface area (Å²) < 4.78 is 28.0. The van der Waals surface area contributed by atoms with Gasteiger partial charge in [0, 0.05) is 18.3 Å². The number of carbonyl (C=O) groups excluding carboxylic acids is 1. The molecule has 27 heavy (non-hydrogen) atoms. The molecule has 1 N–H and O–H groups in total. The van der Waals surface area contributed by atoms with E-state index >= 15 is 0 Å². The molecule has 0 aliphatic rings. The van der Waals surface area contributed by atoms with Gasteiger partial charge in [-0.2, -0.15) is 0 Å². The summed E-state index contributed by atoms with van der Waals surface area (Å²) >= 11 is 11.8. The minimum Gasteiger partial charge on any atom is -0.319 e. The Kier molecular flexibility index (Phi) is 5.58. The maximum Gasteiger partial charge on any atom is 0.257 e. The van der Waals surface area contributed by atoms with Gasteiger partial charge in [0.05, 0.1) is 27.8 Å². The molecule has 1 amide bonds. The van der Waals surface area contributed by atoms with Crippen molar-refractivity contribution in [1.29, 1.82) is 0 Å². The van der Waals surface area contributed by atoms with Crippen LogP contribution in [0.2, 0.25) is 10.0 Å². The van der Waals surface area contributed by atoms with Crippen molar-refractivity contribution >= 4 is 34.8 Å². The number of aromatic nitrogens is 1. The Morgan fingerprint density at radius 3 is 2.48 bits per heavy atom. The van der Waals surface area contributed by atoms with Crippen LogP contribution in [-0.4, -0.2) is 10.5 Å². The molecule has 0 aliphatic carbocycles. The molecule has 1 aromatic heterocycles. The van der Waals surface area contributed by atoms with Crippen LogP contribution >= 0.6 is 23.2 Å². The van der Waals surface area contributed by atoms with E-state index in [1.807, 2.05) is 0 Å². The molecule has 3 aromatic rings. The Bertz CT molecular complexity index is 1080. The zero-order valence-corrected chi connectivity index (χ0v) is 15.2. The number of carbonyl (C=O) groups is 1. The number of pyridine rings is 1. The lowest BCUT2D eigenvalue weighted by Crippen LogP contribution is -2.22. The Morgan fingerprint density at radius 1 is 1.00 bits per heavy atom. The van der Waals surface area contributed by atoms with Crippen LogP contribution in [0.1, 0.15) is 15.9 Å². The molecule has 0 radical (unpaired) electrons. The number of halogens is 4. The molecular formula is C19H12Cl2F2N2O2. The number of benzene rings is 2. The average molecular weight is 409 g/mol. The smallest absolute Gasteiger partial charge is 0.257 e. The van der Waals surface area contributed by atoms with Crippen LogP contribution < -0.4 is 10.9 Å². The first-order chi connectivity index (χ1) is 12.8. The van der Waals surface area contributed by atoms with E-state index in [-0.39, 0.29) is 23.4 Å². The first-order valence-electron chi connectivity index (χ1n) is 7.74. The van der Waals surface area contributed by atoms with Crippen molar-refractivity contribution in [2.24, 2.45) is 0 Å². The number of anilines is 1. The van der Waals surface area contributed by atoms with Crippen molar-refractivity contribution < 1.29 is 13.6 Å². The van der Waals surface area contributed by atoms with Crippen molar-refractivity contribution in [3.05, 3.63) is 97.9 Å². The third-order valence-corrected chi connectivity index (χ3v) is 4.50. The van der Waals surface area contributed by atoms with E-state index in [1.165, 1.54) is 22.9 Å². The summed E-state index contributed by atoms with van der Waals surface area (Å²) in [5.41, 5.74) is 0.362. The summed E-state index contributed by atoms with van der Waals surface area (Å²) in [5, 5.41) is 3.09. The molecule has 0 saturated carbocycles. The van der Waals surface area contributed by atoms with Crippen LogP contribution in [0.15, 0.2) is 59.5 Å². The standard InChI is InChI=1S/C19H12Cl2F2N2O2/c20-14-4-1-11(7-15(14)21)9-25-10-12(2-6-18(25)26)19(27)24-17-5-3-13(22)8-16(17)23/h1-8,10H,9H2,(H,24,27). The van der Waals surface area contributed by atoms with Crippen molar-refractivity contribution in [2.45, 2.75) is 6.54 Å². The highest BCUT2D eigenvalue weighted by molar-refractivity contribution is 6.42. The van der Waals surface area contributed by atoms with Crippen LogP contribution in [-0.2, 0) is 6.54 Å². The lowest BCUT2D eigenvalue weighted by Gasteiger charge is -2.10. The maximum absolute atomic E-state index is 13.7. The molecule has 0 fully saturated rings.